The number of fused-ring (bicyclic) bond motifs is 4. The molecule has 0 saturated heterocycles. The molecule has 0 atom stereocenters. The van der Waals surface area contributed by atoms with E-state index in [0.29, 0.717) is 5.56 Å². The molecule has 0 radical (unpaired) electrons. The molecular weight excluding hydrogens is 192 g/mol. The van der Waals surface area contributed by atoms with Crippen molar-refractivity contribution in [3.05, 3.63) is 30.3 Å². The summed E-state index contributed by atoms with van der Waals surface area (Å²) in [6.07, 6.45) is 0. The standard InChI is InChI=1S/C12H8O3/c13-6-1-2-7-9(5-6)8-3-4-10(14)12(15)11(7)8/h1-5,13-15H. The van der Waals surface area contributed by atoms with Gasteiger partial charge in [-0.15, -0.1) is 0 Å². The first kappa shape index (κ1) is 8.17. The first-order chi connectivity index (χ1) is 7.18. The van der Waals surface area contributed by atoms with E-state index in [1.807, 2.05) is 0 Å². The number of benzene rings is 2. The zero-order valence-corrected chi connectivity index (χ0v) is 7.73. The van der Waals surface area contributed by atoms with Gasteiger partial charge in [0, 0.05) is 5.56 Å². The van der Waals surface area contributed by atoms with Crippen LogP contribution in [0.1, 0.15) is 0 Å². The third-order valence-corrected chi connectivity index (χ3v) is 2.72. The lowest BCUT2D eigenvalue weighted by Gasteiger charge is -2.25. The van der Waals surface area contributed by atoms with E-state index in [9.17, 15) is 15.3 Å². The minimum Gasteiger partial charge on any atom is -0.508 e. The molecule has 0 saturated carbocycles. The summed E-state index contributed by atoms with van der Waals surface area (Å²) in [5.74, 6) is -0.00914. The van der Waals surface area contributed by atoms with Crippen LogP contribution in [-0.4, -0.2) is 15.3 Å². The smallest absolute Gasteiger partial charge is 0.166 e. The van der Waals surface area contributed by atoms with E-state index < -0.39 is 0 Å². The molecule has 2 aromatic carbocycles. The number of rotatable bonds is 0. The maximum absolute atomic E-state index is 9.64. The lowest BCUT2D eigenvalue weighted by molar-refractivity contribution is 0.405. The second-order valence-electron chi connectivity index (χ2n) is 3.59. The Kier molecular flexibility index (Phi) is 1.33. The van der Waals surface area contributed by atoms with Crippen LogP contribution in [0, 0.1) is 0 Å². The molecule has 0 unspecified atom stereocenters. The summed E-state index contributed by atoms with van der Waals surface area (Å²) in [6.45, 7) is 0. The van der Waals surface area contributed by atoms with Crippen molar-refractivity contribution in [2.75, 3.05) is 0 Å². The van der Waals surface area contributed by atoms with Crippen molar-refractivity contribution in [1.29, 1.82) is 0 Å². The van der Waals surface area contributed by atoms with Gasteiger partial charge in [0.2, 0.25) is 0 Å². The van der Waals surface area contributed by atoms with Crippen LogP contribution in [-0.2, 0) is 0 Å². The third kappa shape index (κ3) is 0.892. The van der Waals surface area contributed by atoms with Gasteiger partial charge in [0.05, 0.1) is 0 Å². The van der Waals surface area contributed by atoms with E-state index in [4.69, 9.17) is 0 Å². The first-order valence-corrected chi connectivity index (χ1v) is 4.57. The molecule has 0 spiro atoms. The van der Waals surface area contributed by atoms with Crippen LogP contribution in [0.2, 0.25) is 0 Å². The van der Waals surface area contributed by atoms with E-state index in [-0.39, 0.29) is 17.2 Å². The summed E-state index contributed by atoms with van der Waals surface area (Å²) >= 11 is 0. The van der Waals surface area contributed by atoms with Gasteiger partial charge >= 0.3 is 0 Å². The van der Waals surface area contributed by atoms with Gasteiger partial charge in [-0.05, 0) is 47.0 Å². The highest BCUT2D eigenvalue weighted by Crippen LogP contribution is 2.54. The fraction of sp³-hybridized carbons (Fsp3) is 0. The molecule has 3 rings (SSSR count). The zero-order valence-electron chi connectivity index (χ0n) is 7.73. The Hall–Kier alpha value is -2.16. The fourth-order valence-corrected chi connectivity index (χ4v) is 1.99. The summed E-state index contributed by atoms with van der Waals surface area (Å²) in [4.78, 5) is 0. The van der Waals surface area contributed by atoms with Crippen molar-refractivity contribution < 1.29 is 15.3 Å². The molecule has 0 amide bonds. The van der Waals surface area contributed by atoms with Crippen LogP contribution in [0.15, 0.2) is 30.3 Å². The average molecular weight is 200 g/mol. The summed E-state index contributed by atoms with van der Waals surface area (Å²) in [6, 6.07) is 8.11. The number of hydrogen-bond donors (Lipinski definition) is 3. The molecule has 0 aliphatic heterocycles. The number of hydrogen-bond acceptors (Lipinski definition) is 3. The third-order valence-electron chi connectivity index (χ3n) is 2.72. The highest BCUT2D eigenvalue weighted by atomic mass is 16.3. The molecule has 1 aliphatic rings. The highest BCUT2D eigenvalue weighted by Gasteiger charge is 2.27. The summed E-state index contributed by atoms with van der Waals surface area (Å²) < 4.78 is 0. The first-order valence-electron chi connectivity index (χ1n) is 4.57. The number of phenolic OH excluding ortho intramolecular Hbond substituents is 3. The van der Waals surface area contributed by atoms with Crippen molar-refractivity contribution in [1.82, 2.24) is 0 Å². The van der Waals surface area contributed by atoms with Crippen molar-refractivity contribution in [3.8, 4) is 39.5 Å². The Morgan fingerprint density at radius 3 is 2.27 bits per heavy atom. The Labute approximate surface area is 85.9 Å². The number of phenols is 3. The van der Waals surface area contributed by atoms with Crippen LogP contribution >= 0.6 is 0 Å². The molecular formula is C12H8O3. The molecule has 0 bridgehead atoms. The van der Waals surface area contributed by atoms with Crippen LogP contribution in [0.25, 0.3) is 22.3 Å². The normalized spacial score (nSPS) is 11.5. The molecule has 0 heterocycles. The molecule has 2 aromatic rings. The predicted octanol–water partition coefficient (Wildman–Crippen LogP) is 2.45. The van der Waals surface area contributed by atoms with Gasteiger partial charge in [0.25, 0.3) is 0 Å². The van der Waals surface area contributed by atoms with Gasteiger partial charge in [0.1, 0.15) is 5.75 Å². The average Bonchev–Trinajstić information content (AvgIpc) is 2.20. The Bertz CT molecular complexity index is 573. The van der Waals surface area contributed by atoms with Gasteiger partial charge in [-0.3, -0.25) is 0 Å². The topological polar surface area (TPSA) is 60.7 Å². The second kappa shape index (κ2) is 2.45. The minimum atomic E-state index is -0.118. The van der Waals surface area contributed by atoms with Gasteiger partial charge in [0.15, 0.2) is 11.5 Å². The van der Waals surface area contributed by atoms with Gasteiger partial charge in [-0.1, -0.05) is 0 Å². The van der Waals surface area contributed by atoms with E-state index >= 15 is 0 Å². The maximum atomic E-state index is 9.64. The van der Waals surface area contributed by atoms with Crippen LogP contribution < -0.4 is 0 Å². The lowest BCUT2D eigenvalue weighted by Crippen LogP contribution is -1.98. The Morgan fingerprint density at radius 2 is 1.47 bits per heavy atom. The van der Waals surface area contributed by atoms with E-state index in [0.717, 1.165) is 16.7 Å². The fourth-order valence-electron chi connectivity index (χ4n) is 1.99. The molecule has 1 aliphatic carbocycles. The molecule has 3 nitrogen and oxygen atoms in total. The predicted molar refractivity (Wildman–Crippen MR) is 55.9 cm³/mol. The van der Waals surface area contributed by atoms with Gasteiger partial charge in [-0.25, -0.2) is 0 Å². The van der Waals surface area contributed by atoms with E-state index in [1.165, 1.54) is 6.07 Å². The van der Waals surface area contributed by atoms with Crippen LogP contribution in [0.3, 0.4) is 0 Å². The molecule has 3 heteroatoms. The van der Waals surface area contributed by atoms with Crippen molar-refractivity contribution in [2.24, 2.45) is 0 Å². The summed E-state index contributed by atoms with van der Waals surface area (Å²) in [7, 11) is 0. The second-order valence-corrected chi connectivity index (χ2v) is 3.59. The SMILES string of the molecule is Oc1ccc2c(c1)-c1ccc(O)c(O)c1-2. The maximum Gasteiger partial charge on any atom is 0.166 e. The molecule has 74 valence electrons. The molecule has 15 heavy (non-hydrogen) atoms. The van der Waals surface area contributed by atoms with E-state index in [1.54, 1.807) is 24.3 Å². The number of aromatic hydroxyl groups is 3. The van der Waals surface area contributed by atoms with Crippen LogP contribution in [0.5, 0.6) is 17.2 Å². The van der Waals surface area contributed by atoms with Crippen molar-refractivity contribution >= 4 is 0 Å². The quantitative estimate of drug-likeness (QED) is 0.488. The zero-order chi connectivity index (χ0) is 10.6. The van der Waals surface area contributed by atoms with Crippen molar-refractivity contribution in [3.63, 3.8) is 0 Å². The Morgan fingerprint density at radius 1 is 0.733 bits per heavy atom. The molecule has 3 N–H and O–H groups in total. The van der Waals surface area contributed by atoms with Crippen LogP contribution in [0.4, 0.5) is 0 Å². The lowest BCUT2D eigenvalue weighted by atomic mass is 9.80. The largest absolute Gasteiger partial charge is 0.508 e. The molecule has 0 fully saturated rings. The van der Waals surface area contributed by atoms with Gasteiger partial charge < -0.3 is 15.3 Å². The Balaban J connectivity index is 2.30. The monoisotopic (exact) mass is 200 g/mol. The van der Waals surface area contributed by atoms with Gasteiger partial charge in [-0.2, -0.15) is 0 Å². The summed E-state index contributed by atoms with van der Waals surface area (Å²) in [5, 5.41) is 28.3. The molecule has 0 aromatic heterocycles. The highest BCUT2D eigenvalue weighted by molar-refractivity contribution is 6.06. The minimum absolute atomic E-state index is 0.0920. The summed E-state index contributed by atoms with van der Waals surface area (Å²) in [5.41, 5.74) is 3.28. The van der Waals surface area contributed by atoms with Crippen molar-refractivity contribution in [2.45, 2.75) is 0 Å². The van der Waals surface area contributed by atoms with E-state index in [2.05, 4.69) is 0 Å².